The smallest absolute Gasteiger partial charge is 0.184 e. The van der Waals surface area contributed by atoms with E-state index in [-0.39, 0.29) is 0 Å². The van der Waals surface area contributed by atoms with E-state index in [9.17, 15) is 8.42 Å². The van der Waals surface area contributed by atoms with Crippen molar-refractivity contribution in [2.75, 3.05) is 0 Å². The predicted molar refractivity (Wildman–Crippen MR) is 62.1 cm³/mol. The Morgan fingerprint density at radius 3 is 2.33 bits per heavy atom. The first-order chi connectivity index (χ1) is 7.09. The van der Waals surface area contributed by atoms with Crippen LogP contribution in [-0.2, 0) is 9.84 Å². The van der Waals surface area contributed by atoms with Crippen LogP contribution < -0.4 is 0 Å². The molecule has 15 heavy (non-hydrogen) atoms. The summed E-state index contributed by atoms with van der Waals surface area (Å²) in [6.07, 6.45) is 4.62. The van der Waals surface area contributed by atoms with E-state index in [1.807, 2.05) is 0 Å². The summed E-state index contributed by atoms with van der Waals surface area (Å²) < 4.78 is 23.8. The minimum absolute atomic E-state index is 0.290. The molecular formula is C12H13O2S. The summed E-state index contributed by atoms with van der Waals surface area (Å²) in [4.78, 5) is 0.290. The standard InChI is InChI=1S/C12H13O2S/c1-3-4-8-11(2)15(13,14)12-9-6-5-7-10-12/h3-11H,1-2H2/b8-4+. The second-order valence-corrected chi connectivity index (χ2v) is 5.18. The van der Waals surface area contributed by atoms with Gasteiger partial charge in [0.2, 0.25) is 0 Å². The molecule has 0 amide bonds. The Kier molecular flexibility index (Phi) is 3.86. The van der Waals surface area contributed by atoms with Gasteiger partial charge in [-0.15, -0.1) is 0 Å². The lowest BCUT2D eigenvalue weighted by molar-refractivity contribution is 0.594. The van der Waals surface area contributed by atoms with Crippen molar-refractivity contribution in [3.8, 4) is 0 Å². The van der Waals surface area contributed by atoms with E-state index in [4.69, 9.17) is 0 Å². The van der Waals surface area contributed by atoms with Crippen molar-refractivity contribution in [1.82, 2.24) is 0 Å². The zero-order valence-corrected chi connectivity index (χ0v) is 9.15. The first kappa shape index (κ1) is 11.7. The molecule has 0 saturated heterocycles. The summed E-state index contributed by atoms with van der Waals surface area (Å²) in [5.74, 6) is 0. The predicted octanol–water partition coefficient (Wildman–Crippen LogP) is 2.41. The fraction of sp³-hybridized carbons (Fsp3) is 0.0833. The lowest BCUT2D eigenvalue weighted by atomic mass is 10.4. The van der Waals surface area contributed by atoms with Crippen LogP contribution >= 0.6 is 0 Å². The lowest BCUT2D eigenvalue weighted by Gasteiger charge is -2.07. The van der Waals surface area contributed by atoms with Crippen molar-refractivity contribution in [2.45, 2.75) is 10.1 Å². The molecule has 79 valence electrons. The zero-order valence-electron chi connectivity index (χ0n) is 8.34. The molecule has 0 saturated carbocycles. The van der Waals surface area contributed by atoms with Gasteiger partial charge in [0.15, 0.2) is 9.84 Å². The van der Waals surface area contributed by atoms with E-state index in [0.29, 0.717) is 4.90 Å². The van der Waals surface area contributed by atoms with Crippen LogP contribution in [0.4, 0.5) is 0 Å². The maximum atomic E-state index is 11.9. The topological polar surface area (TPSA) is 34.1 Å². The van der Waals surface area contributed by atoms with Crippen LogP contribution in [0.15, 0.2) is 60.0 Å². The Hall–Kier alpha value is -1.35. The molecule has 1 rings (SSSR count). The molecule has 1 aromatic carbocycles. The van der Waals surface area contributed by atoms with Crippen LogP contribution in [0.2, 0.25) is 0 Å². The van der Waals surface area contributed by atoms with Gasteiger partial charge in [-0.1, -0.05) is 43.0 Å². The second kappa shape index (κ2) is 4.94. The average molecular weight is 221 g/mol. The Morgan fingerprint density at radius 1 is 1.20 bits per heavy atom. The van der Waals surface area contributed by atoms with Gasteiger partial charge in [0.25, 0.3) is 0 Å². The van der Waals surface area contributed by atoms with Crippen LogP contribution in [0.25, 0.3) is 0 Å². The number of allylic oxidation sites excluding steroid dienone is 2. The third kappa shape index (κ3) is 2.80. The monoisotopic (exact) mass is 221 g/mol. The fourth-order valence-corrected chi connectivity index (χ4v) is 2.27. The zero-order chi connectivity index (χ0) is 11.3. The van der Waals surface area contributed by atoms with E-state index in [1.54, 1.807) is 36.4 Å². The summed E-state index contributed by atoms with van der Waals surface area (Å²) in [5, 5.41) is -0.780. The van der Waals surface area contributed by atoms with Crippen molar-refractivity contribution in [1.29, 1.82) is 0 Å². The summed E-state index contributed by atoms with van der Waals surface area (Å²) in [6, 6.07) is 8.29. The largest absolute Gasteiger partial charge is 0.223 e. The summed E-state index contributed by atoms with van der Waals surface area (Å²) in [7, 11) is -3.36. The van der Waals surface area contributed by atoms with Gasteiger partial charge < -0.3 is 0 Å². The number of benzene rings is 1. The van der Waals surface area contributed by atoms with Crippen molar-refractivity contribution in [3.63, 3.8) is 0 Å². The van der Waals surface area contributed by atoms with E-state index >= 15 is 0 Å². The molecule has 0 spiro atoms. The summed E-state index contributed by atoms with van der Waals surface area (Å²) in [5.41, 5.74) is 0. The highest BCUT2D eigenvalue weighted by atomic mass is 32.2. The molecular weight excluding hydrogens is 208 g/mol. The van der Waals surface area contributed by atoms with Crippen molar-refractivity contribution >= 4 is 9.84 Å². The molecule has 1 unspecified atom stereocenters. The van der Waals surface area contributed by atoms with E-state index < -0.39 is 15.1 Å². The van der Waals surface area contributed by atoms with E-state index in [0.717, 1.165) is 0 Å². The molecule has 2 nitrogen and oxygen atoms in total. The molecule has 0 aliphatic carbocycles. The van der Waals surface area contributed by atoms with Gasteiger partial charge >= 0.3 is 0 Å². The number of sulfone groups is 1. The maximum absolute atomic E-state index is 11.9. The van der Waals surface area contributed by atoms with Gasteiger partial charge in [-0.25, -0.2) is 8.42 Å². The summed E-state index contributed by atoms with van der Waals surface area (Å²) in [6.45, 7) is 7.08. The third-order valence-corrected chi connectivity index (χ3v) is 3.82. The Morgan fingerprint density at radius 2 is 1.80 bits per heavy atom. The van der Waals surface area contributed by atoms with Gasteiger partial charge in [-0.05, 0) is 19.1 Å². The maximum Gasteiger partial charge on any atom is 0.184 e. The Balaban J connectivity index is 3.04. The SMILES string of the molecule is [CH2]C(/C=C/C=C)S(=O)(=O)c1ccccc1. The second-order valence-electron chi connectivity index (χ2n) is 3.02. The third-order valence-electron chi connectivity index (χ3n) is 1.93. The highest BCUT2D eigenvalue weighted by Gasteiger charge is 2.19. The number of hydrogen-bond donors (Lipinski definition) is 0. The molecule has 0 bridgehead atoms. The van der Waals surface area contributed by atoms with E-state index in [1.165, 1.54) is 12.2 Å². The molecule has 0 aromatic heterocycles. The molecule has 0 aliphatic heterocycles. The summed E-state index contributed by atoms with van der Waals surface area (Å²) >= 11 is 0. The van der Waals surface area contributed by atoms with Gasteiger partial charge in [0, 0.05) is 0 Å². The Bertz CT molecular complexity index is 444. The van der Waals surface area contributed by atoms with Crippen LogP contribution in [0, 0.1) is 6.92 Å². The molecule has 1 aromatic rings. The molecule has 0 aliphatic rings. The van der Waals surface area contributed by atoms with Gasteiger partial charge in [-0.2, -0.15) is 0 Å². The minimum Gasteiger partial charge on any atom is -0.223 e. The minimum atomic E-state index is -3.36. The number of rotatable bonds is 4. The van der Waals surface area contributed by atoms with Gasteiger partial charge in [0.1, 0.15) is 0 Å². The van der Waals surface area contributed by atoms with Crippen molar-refractivity contribution in [3.05, 3.63) is 62.1 Å². The molecule has 1 atom stereocenters. The number of hydrogen-bond acceptors (Lipinski definition) is 2. The van der Waals surface area contributed by atoms with Crippen LogP contribution in [0.5, 0.6) is 0 Å². The van der Waals surface area contributed by atoms with Crippen LogP contribution in [-0.4, -0.2) is 13.7 Å². The normalized spacial score (nSPS) is 13.9. The van der Waals surface area contributed by atoms with Gasteiger partial charge in [0.05, 0.1) is 10.1 Å². The quantitative estimate of drug-likeness (QED) is 0.732. The van der Waals surface area contributed by atoms with Crippen LogP contribution in [0.1, 0.15) is 0 Å². The molecule has 3 heteroatoms. The molecule has 0 fully saturated rings. The lowest BCUT2D eigenvalue weighted by Crippen LogP contribution is -2.15. The van der Waals surface area contributed by atoms with Gasteiger partial charge in [-0.3, -0.25) is 0 Å². The molecule has 0 N–H and O–H groups in total. The average Bonchev–Trinajstić information content (AvgIpc) is 2.27. The highest BCUT2D eigenvalue weighted by Crippen LogP contribution is 2.15. The van der Waals surface area contributed by atoms with Crippen LogP contribution in [0.3, 0.4) is 0 Å². The first-order valence-electron chi connectivity index (χ1n) is 4.50. The molecule has 1 radical (unpaired) electrons. The molecule has 0 heterocycles. The van der Waals surface area contributed by atoms with Crippen molar-refractivity contribution in [2.24, 2.45) is 0 Å². The first-order valence-corrected chi connectivity index (χ1v) is 6.05. The van der Waals surface area contributed by atoms with E-state index in [2.05, 4.69) is 13.5 Å². The fourth-order valence-electron chi connectivity index (χ4n) is 1.09. The highest BCUT2D eigenvalue weighted by molar-refractivity contribution is 7.92. The Labute approximate surface area is 90.9 Å². The van der Waals surface area contributed by atoms with Crippen molar-refractivity contribution < 1.29 is 8.42 Å².